The largest absolute Gasteiger partial charge is 0.391 e. The van der Waals surface area contributed by atoms with Crippen LogP contribution in [0.15, 0.2) is 30.3 Å². The highest BCUT2D eigenvalue weighted by atomic mass is 16.3. The predicted octanol–water partition coefficient (Wildman–Crippen LogP) is 2.12. The summed E-state index contributed by atoms with van der Waals surface area (Å²) in [6.45, 7) is 5.65. The minimum Gasteiger partial charge on any atom is -0.391 e. The number of likely N-dealkylation sites (N-methyl/N-ethyl adjacent to an activating group) is 1. The Bertz CT molecular complexity index is 567. The molecule has 2 amide bonds. The Morgan fingerprint density at radius 1 is 1.17 bits per heavy atom. The quantitative estimate of drug-likeness (QED) is 0.803. The first-order chi connectivity index (χ1) is 11.3. The summed E-state index contributed by atoms with van der Waals surface area (Å²) in [5.74, 6) is -0.195. The summed E-state index contributed by atoms with van der Waals surface area (Å²) in [4.78, 5) is 26.6. The van der Waals surface area contributed by atoms with Crippen LogP contribution in [-0.4, -0.2) is 41.0 Å². The lowest BCUT2D eigenvalue weighted by atomic mass is 9.94. The summed E-state index contributed by atoms with van der Waals surface area (Å²) in [6, 6.07) is 8.81. The molecule has 0 bridgehead atoms. The average molecular weight is 332 g/mol. The molecule has 2 rings (SSSR count). The fraction of sp³-hybridized carbons (Fsp3) is 0.579. The average Bonchev–Trinajstić information content (AvgIpc) is 3.37. The highest BCUT2D eigenvalue weighted by molar-refractivity contribution is 5.90. The standard InChI is InChI=1S/C19H28N2O3/c1-12(2)17(14-8-6-5-7-9-14)21(4)19(24)16(13(3)22)20-18(23)15-10-11-15/h5-9,12-13,15-17,22H,10-11H2,1-4H3,(H,20,23). The summed E-state index contributed by atoms with van der Waals surface area (Å²) in [5.41, 5.74) is 1.04. The Morgan fingerprint density at radius 3 is 2.21 bits per heavy atom. The number of carbonyl (C=O) groups excluding carboxylic acids is 2. The highest BCUT2D eigenvalue weighted by Crippen LogP contribution is 2.30. The second-order valence-corrected chi connectivity index (χ2v) is 7.05. The number of hydrogen-bond acceptors (Lipinski definition) is 3. The van der Waals surface area contributed by atoms with Crippen molar-refractivity contribution in [2.45, 2.75) is 51.8 Å². The van der Waals surface area contributed by atoms with Gasteiger partial charge in [0, 0.05) is 13.0 Å². The van der Waals surface area contributed by atoms with Gasteiger partial charge in [0.15, 0.2) is 0 Å². The number of nitrogens with zero attached hydrogens (tertiary/aromatic N) is 1. The molecule has 5 heteroatoms. The zero-order chi connectivity index (χ0) is 17.9. The molecule has 0 spiro atoms. The summed E-state index contributed by atoms with van der Waals surface area (Å²) < 4.78 is 0. The molecule has 0 saturated heterocycles. The zero-order valence-corrected chi connectivity index (χ0v) is 14.9. The summed E-state index contributed by atoms with van der Waals surface area (Å²) in [6.07, 6.45) is 0.786. The third-order valence-electron chi connectivity index (χ3n) is 4.53. The molecule has 2 N–H and O–H groups in total. The van der Waals surface area contributed by atoms with E-state index in [1.54, 1.807) is 11.9 Å². The molecular formula is C19H28N2O3. The van der Waals surface area contributed by atoms with Crippen LogP contribution in [0.4, 0.5) is 0 Å². The van der Waals surface area contributed by atoms with Crippen molar-refractivity contribution in [3.8, 4) is 0 Å². The van der Waals surface area contributed by atoms with Crippen LogP contribution < -0.4 is 5.32 Å². The van der Waals surface area contributed by atoms with Crippen molar-refractivity contribution in [3.63, 3.8) is 0 Å². The monoisotopic (exact) mass is 332 g/mol. The smallest absolute Gasteiger partial charge is 0.248 e. The Hall–Kier alpha value is -1.88. The topological polar surface area (TPSA) is 69.6 Å². The summed E-state index contributed by atoms with van der Waals surface area (Å²) >= 11 is 0. The van der Waals surface area contributed by atoms with Crippen molar-refractivity contribution in [2.75, 3.05) is 7.05 Å². The first kappa shape index (κ1) is 18.5. The minimum absolute atomic E-state index is 0.000579. The first-order valence-corrected chi connectivity index (χ1v) is 8.63. The maximum absolute atomic E-state index is 12.9. The van der Waals surface area contributed by atoms with Gasteiger partial charge in [-0.3, -0.25) is 9.59 Å². The van der Waals surface area contributed by atoms with Crippen LogP contribution in [0.5, 0.6) is 0 Å². The SMILES string of the molecule is CC(C)C(c1ccccc1)N(C)C(=O)C(NC(=O)C1CC1)C(C)O. The van der Waals surface area contributed by atoms with Crippen molar-refractivity contribution >= 4 is 11.8 Å². The van der Waals surface area contributed by atoms with Gasteiger partial charge in [-0.05, 0) is 31.2 Å². The normalized spacial score (nSPS) is 17.9. The van der Waals surface area contributed by atoms with Gasteiger partial charge < -0.3 is 15.3 Å². The Balaban J connectivity index is 2.18. The second kappa shape index (κ2) is 7.79. The van der Waals surface area contributed by atoms with Gasteiger partial charge in [0.25, 0.3) is 0 Å². The molecular weight excluding hydrogens is 304 g/mol. The number of rotatable bonds is 7. The molecule has 1 aromatic carbocycles. The van der Waals surface area contributed by atoms with E-state index in [0.717, 1.165) is 18.4 Å². The van der Waals surface area contributed by atoms with E-state index >= 15 is 0 Å². The van der Waals surface area contributed by atoms with Crippen molar-refractivity contribution in [3.05, 3.63) is 35.9 Å². The molecule has 1 aliphatic rings. The van der Waals surface area contributed by atoms with E-state index in [-0.39, 0.29) is 29.7 Å². The molecule has 0 radical (unpaired) electrons. The van der Waals surface area contributed by atoms with Gasteiger partial charge in [0.05, 0.1) is 12.1 Å². The number of nitrogens with one attached hydrogen (secondary N) is 1. The first-order valence-electron chi connectivity index (χ1n) is 8.63. The zero-order valence-electron chi connectivity index (χ0n) is 14.9. The van der Waals surface area contributed by atoms with Crippen LogP contribution in [0.2, 0.25) is 0 Å². The predicted molar refractivity (Wildman–Crippen MR) is 93.1 cm³/mol. The van der Waals surface area contributed by atoms with E-state index in [1.807, 2.05) is 30.3 Å². The fourth-order valence-electron chi connectivity index (χ4n) is 3.07. The molecule has 1 saturated carbocycles. The number of carbonyl (C=O) groups is 2. The highest BCUT2D eigenvalue weighted by Gasteiger charge is 2.37. The summed E-state index contributed by atoms with van der Waals surface area (Å²) in [7, 11) is 1.73. The fourth-order valence-corrected chi connectivity index (χ4v) is 3.07. The van der Waals surface area contributed by atoms with Gasteiger partial charge in [-0.1, -0.05) is 44.2 Å². The van der Waals surface area contributed by atoms with E-state index in [4.69, 9.17) is 0 Å². The van der Waals surface area contributed by atoms with Crippen LogP contribution in [0.25, 0.3) is 0 Å². The van der Waals surface area contributed by atoms with Crippen molar-refractivity contribution < 1.29 is 14.7 Å². The van der Waals surface area contributed by atoms with Gasteiger partial charge in [-0.2, -0.15) is 0 Å². The van der Waals surface area contributed by atoms with Gasteiger partial charge >= 0.3 is 0 Å². The van der Waals surface area contributed by atoms with E-state index in [9.17, 15) is 14.7 Å². The van der Waals surface area contributed by atoms with Crippen LogP contribution in [0.1, 0.15) is 45.2 Å². The van der Waals surface area contributed by atoms with Crippen LogP contribution in [0.3, 0.4) is 0 Å². The van der Waals surface area contributed by atoms with Crippen molar-refractivity contribution in [2.24, 2.45) is 11.8 Å². The van der Waals surface area contributed by atoms with Gasteiger partial charge in [-0.15, -0.1) is 0 Å². The third kappa shape index (κ3) is 4.35. The second-order valence-electron chi connectivity index (χ2n) is 7.05. The number of amides is 2. The molecule has 5 nitrogen and oxygen atoms in total. The van der Waals surface area contributed by atoms with Gasteiger partial charge in [-0.25, -0.2) is 0 Å². The maximum atomic E-state index is 12.9. The van der Waals surface area contributed by atoms with Crippen molar-refractivity contribution in [1.29, 1.82) is 0 Å². The Labute approximate surface area is 144 Å². The van der Waals surface area contributed by atoms with E-state index in [0.29, 0.717) is 0 Å². The molecule has 1 fully saturated rings. The molecule has 3 atom stereocenters. The van der Waals surface area contributed by atoms with Crippen LogP contribution >= 0.6 is 0 Å². The number of benzene rings is 1. The molecule has 0 aliphatic heterocycles. The molecule has 132 valence electrons. The lowest BCUT2D eigenvalue weighted by molar-refractivity contribution is -0.141. The molecule has 24 heavy (non-hydrogen) atoms. The molecule has 0 aromatic heterocycles. The van der Waals surface area contributed by atoms with Crippen LogP contribution in [0, 0.1) is 11.8 Å². The molecule has 1 aromatic rings. The molecule has 1 aliphatic carbocycles. The van der Waals surface area contributed by atoms with Gasteiger partial charge in [0.2, 0.25) is 11.8 Å². The maximum Gasteiger partial charge on any atom is 0.248 e. The number of aliphatic hydroxyl groups is 1. The lowest BCUT2D eigenvalue weighted by Gasteiger charge is -2.35. The van der Waals surface area contributed by atoms with Crippen molar-refractivity contribution in [1.82, 2.24) is 10.2 Å². The van der Waals surface area contributed by atoms with E-state index < -0.39 is 12.1 Å². The van der Waals surface area contributed by atoms with Gasteiger partial charge in [0.1, 0.15) is 6.04 Å². The lowest BCUT2D eigenvalue weighted by Crippen LogP contribution is -2.54. The third-order valence-corrected chi connectivity index (χ3v) is 4.53. The summed E-state index contributed by atoms with van der Waals surface area (Å²) in [5, 5.41) is 12.7. The van der Waals surface area contributed by atoms with E-state index in [1.165, 1.54) is 6.92 Å². The van der Waals surface area contributed by atoms with E-state index in [2.05, 4.69) is 19.2 Å². The Kier molecular flexibility index (Phi) is 5.99. The number of hydrogen-bond donors (Lipinski definition) is 2. The Morgan fingerprint density at radius 2 is 1.75 bits per heavy atom. The number of aliphatic hydroxyl groups excluding tert-OH is 1. The molecule has 3 unspecified atom stereocenters. The molecule has 0 heterocycles. The van der Waals surface area contributed by atoms with Crippen LogP contribution in [-0.2, 0) is 9.59 Å². The minimum atomic E-state index is -0.939.